The maximum absolute atomic E-state index is 12.5. The highest BCUT2D eigenvalue weighted by molar-refractivity contribution is 5.87. The highest BCUT2D eigenvalue weighted by Gasteiger charge is 2.40. The summed E-state index contributed by atoms with van der Waals surface area (Å²) in [6.45, 7) is -0.525. The van der Waals surface area contributed by atoms with Crippen molar-refractivity contribution in [2.45, 2.75) is 89.3 Å². The number of methoxy groups -OCH3 is 1. The van der Waals surface area contributed by atoms with Gasteiger partial charge >= 0.3 is 11.9 Å². The quantitative estimate of drug-likeness (QED) is 0.0181. The van der Waals surface area contributed by atoms with Crippen LogP contribution in [0.2, 0.25) is 0 Å². The van der Waals surface area contributed by atoms with Gasteiger partial charge in [-0.15, -0.1) is 10.1 Å². The van der Waals surface area contributed by atoms with Crippen molar-refractivity contribution in [1.29, 1.82) is 0 Å². The Labute approximate surface area is 332 Å². The van der Waals surface area contributed by atoms with Gasteiger partial charge in [0.1, 0.15) is 19.8 Å². The molecule has 1 fully saturated rings. The fourth-order valence-corrected chi connectivity index (χ4v) is 6.68. The van der Waals surface area contributed by atoms with Crippen LogP contribution in [0.1, 0.15) is 73.6 Å². The van der Waals surface area contributed by atoms with Crippen LogP contribution < -0.4 is 14.8 Å². The number of aliphatic hydroxyl groups excluding tert-OH is 3. The number of nitrogens with one attached hydrogen (secondary N) is 1. The van der Waals surface area contributed by atoms with Crippen molar-refractivity contribution in [3.63, 3.8) is 0 Å². The molecule has 4 rings (SSSR count). The molecule has 0 unspecified atom stereocenters. The van der Waals surface area contributed by atoms with E-state index in [0.717, 1.165) is 6.42 Å². The van der Waals surface area contributed by atoms with Gasteiger partial charge in [0.15, 0.2) is 11.5 Å². The van der Waals surface area contributed by atoms with E-state index in [1.807, 2.05) is 42.5 Å². The predicted octanol–water partition coefficient (Wildman–Crippen LogP) is 5.43. The van der Waals surface area contributed by atoms with Crippen LogP contribution in [-0.4, -0.2) is 70.2 Å². The van der Waals surface area contributed by atoms with Gasteiger partial charge < -0.3 is 39.7 Å². The van der Waals surface area contributed by atoms with E-state index >= 15 is 0 Å². The number of hydrogen-bond acceptors (Lipinski definition) is 12. The zero-order valence-corrected chi connectivity index (χ0v) is 32.1. The molecule has 3 aromatic rings. The molecule has 14 heteroatoms. The molecule has 0 heterocycles. The molecule has 1 saturated carbocycles. The number of carbonyl (C=O) groups is 3. The summed E-state index contributed by atoms with van der Waals surface area (Å²) >= 11 is 0. The zero-order chi connectivity index (χ0) is 41.0. The first-order valence-electron chi connectivity index (χ1n) is 19.1. The monoisotopic (exact) mass is 788 g/mol. The summed E-state index contributed by atoms with van der Waals surface area (Å²) in [5.41, 5.74) is 3.03. The summed E-state index contributed by atoms with van der Waals surface area (Å²) in [6.07, 6.45) is 9.94. The summed E-state index contributed by atoms with van der Waals surface area (Å²) in [6, 6.07) is 21.3. The van der Waals surface area contributed by atoms with Crippen LogP contribution in [0.25, 0.3) is 6.08 Å². The molecule has 0 bridgehead atoms. The number of rotatable bonds is 23. The Morgan fingerprint density at radius 2 is 1.63 bits per heavy atom. The van der Waals surface area contributed by atoms with Crippen molar-refractivity contribution in [3.8, 4) is 11.5 Å². The number of esters is 2. The molecule has 14 nitrogen and oxygen atoms in total. The molecule has 306 valence electrons. The van der Waals surface area contributed by atoms with Gasteiger partial charge in [-0.1, -0.05) is 72.8 Å². The molecular formula is C43H52N2O12. The Kier molecular flexibility index (Phi) is 18.2. The summed E-state index contributed by atoms with van der Waals surface area (Å²) < 4.78 is 16.0. The van der Waals surface area contributed by atoms with Crippen LogP contribution >= 0.6 is 0 Å². The van der Waals surface area contributed by atoms with Gasteiger partial charge in [-0.25, -0.2) is 9.59 Å². The van der Waals surface area contributed by atoms with Gasteiger partial charge in [-0.3, -0.25) is 4.79 Å². The van der Waals surface area contributed by atoms with E-state index in [1.165, 1.54) is 30.9 Å². The van der Waals surface area contributed by atoms with Gasteiger partial charge in [0.2, 0.25) is 5.91 Å². The SMILES string of the molecule is COc1cc(C=CC(=O)OCc2ccc(CO[N+](=O)[O-])cc2)ccc1OC(=O)CNC(=O)CCCC=CC[C@@H]1[C@@H](CC[C@@H](O)CCc2ccccc2)[C@H](O)C[C@@H]1O. The molecule has 57 heavy (non-hydrogen) atoms. The minimum atomic E-state index is -0.871. The highest BCUT2D eigenvalue weighted by Crippen LogP contribution is 2.38. The van der Waals surface area contributed by atoms with Crippen molar-refractivity contribution in [1.82, 2.24) is 5.32 Å². The normalized spacial score (nSPS) is 18.3. The number of hydrogen-bond donors (Lipinski definition) is 4. The summed E-state index contributed by atoms with van der Waals surface area (Å²) in [4.78, 5) is 51.7. The Morgan fingerprint density at radius 3 is 2.35 bits per heavy atom. The highest BCUT2D eigenvalue weighted by atomic mass is 16.9. The number of allylic oxidation sites excluding steroid dienone is 2. The third kappa shape index (κ3) is 15.8. The van der Waals surface area contributed by atoms with E-state index in [4.69, 9.17) is 14.2 Å². The van der Waals surface area contributed by atoms with Crippen LogP contribution in [0, 0.1) is 22.0 Å². The van der Waals surface area contributed by atoms with Crippen LogP contribution in [0.15, 0.2) is 91.0 Å². The van der Waals surface area contributed by atoms with Gasteiger partial charge in [0.05, 0.1) is 25.4 Å². The minimum Gasteiger partial charge on any atom is -0.493 e. The second kappa shape index (κ2) is 23.5. The molecule has 1 amide bonds. The lowest BCUT2D eigenvalue weighted by Crippen LogP contribution is -2.31. The number of amides is 1. The number of ether oxygens (including phenoxy) is 3. The first-order valence-corrected chi connectivity index (χ1v) is 19.1. The third-order valence-corrected chi connectivity index (χ3v) is 9.81. The average Bonchev–Trinajstić information content (AvgIpc) is 3.48. The lowest BCUT2D eigenvalue weighted by Gasteiger charge is -2.23. The van der Waals surface area contributed by atoms with Crippen molar-refractivity contribution >= 4 is 23.9 Å². The fourth-order valence-electron chi connectivity index (χ4n) is 6.68. The lowest BCUT2D eigenvalue weighted by atomic mass is 9.85. The molecule has 0 aliphatic heterocycles. The second-order valence-corrected chi connectivity index (χ2v) is 14.0. The smallest absolute Gasteiger partial charge is 0.331 e. The largest absolute Gasteiger partial charge is 0.493 e. The van der Waals surface area contributed by atoms with Gasteiger partial charge in [-0.2, -0.15) is 0 Å². The molecule has 1 aliphatic rings. The molecule has 0 aromatic heterocycles. The van der Waals surface area contributed by atoms with E-state index in [9.17, 15) is 39.8 Å². The van der Waals surface area contributed by atoms with Crippen molar-refractivity contribution in [2.24, 2.45) is 11.8 Å². The maximum Gasteiger partial charge on any atom is 0.331 e. The van der Waals surface area contributed by atoms with Crippen molar-refractivity contribution < 1.29 is 53.8 Å². The van der Waals surface area contributed by atoms with E-state index in [1.54, 1.807) is 36.4 Å². The Hall–Kier alpha value is -5.57. The van der Waals surface area contributed by atoms with E-state index in [0.29, 0.717) is 61.6 Å². The molecule has 5 atom stereocenters. The van der Waals surface area contributed by atoms with Gasteiger partial charge in [-0.05, 0) is 104 Å². The Morgan fingerprint density at radius 1 is 0.912 bits per heavy atom. The van der Waals surface area contributed by atoms with Crippen molar-refractivity contribution in [2.75, 3.05) is 13.7 Å². The molecule has 0 radical (unpaired) electrons. The number of carbonyl (C=O) groups excluding carboxylic acids is 3. The average molecular weight is 789 g/mol. The first-order chi connectivity index (χ1) is 27.5. The van der Waals surface area contributed by atoms with Crippen LogP contribution in [0.5, 0.6) is 11.5 Å². The first kappa shape index (κ1) is 44.1. The van der Waals surface area contributed by atoms with E-state index in [-0.39, 0.29) is 55.4 Å². The van der Waals surface area contributed by atoms with Crippen LogP contribution in [0.4, 0.5) is 0 Å². The molecule has 0 saturated heterocycles. The number of benzene rings is 3. The lowest BCUT2D eigenvalue weighted by molar-refractivity contribution is -0.763. The maximum atomic E-state index is 12.5. The third-order valence-electron chi connectivity index (χ3n) is 9.81. The molecule has 0 spiro atoms. The predicted molar refractivity (Wildman–Crippen MR) is 210 cm³/mol. The minimum absolute atomic E-state index is 0.00517. The van der Waals surface area contributed by atoms with Gasteiger partial charge in [0.25, 0.3) is 5.09 Å². The van der Waals surface area contributed by atoms with Gasteiger partial charge in [0, 0.05) is 12.5 Å². The number of nitrogens with zero attached hydrogens (tertiary/aromatic N) is 1. The van der Waals surface area contributed by atoms with Crippen LogP contribution in [-0.2, 0) is 43.6 Å². The topological polar surface area (TPSA) is 204 Å². The molecule has 1 aliphatic carbocycles. The number of aliphatic hydroxyl groups is 3. The fraction of sp³-hybridized carbons (Fsp3) is 0.419. The second-order valence-electron chi connectivity index (χ2n) is 14.0. The number of aryl methyl sites for hydroxylation is 1. The van der Waals surface area contributed by atoms with Crippen LogP contribution in [0.3, 0.4) is 0 Å². The molecular weight excluding hydrogens is 736 g/mol. The van der Waals surface area contributed by atoms with E-state index in [2.05, 4.69) is 10.2 Å². The summed E-state index contributed by atoms with van der Waals surface area (Å²) in [5, 5.41) is 43.7. The van der Waals surface area contributed by atoms with Crippen molar-refractivity contribution in [3.05, 3.63) is 123 Å². The summed E-state index contributed by atoms with van der Waals surface area (Å²) in [7, 11) is 1.40. The molecule has 4 N–H and O–H groups in total. The van der Waals surface area contributed by atoms with E-state index < -0.39 is 35.3 Å². The molecule has 3 aromatic carbocycles. The Bertz CT molecular complexity index is 1800. The standard InChI is InChI=1S/C43H52N2O12/c1-54-40-25-31(19-24-42(50)55-28-32-13-15-33(16-14-32)29-56-45(52)53)18-23-39(40)57-43(51)27-44-41(49)12-8-3-2-7-11-35-36(38(48)26-37(35)47)22-21-34(46)20-17-30-9-5-4-6-10-30/h2,4-7,9-10,13-16,18-19,23-25,34-38,46-48H,3,8,11-12,17,20-22,26-29H2,1H3,(H,44,49)/t34-,35+,36+,37-,38+/m0/s1. The Balaban J connectivity index is 1.10. The zero-order valence-electron chi connectivity index (χ0n) is 32.1. The number of unbranched alkanes of at least 4 members (excludes halogenated alkanes) is 1. The summed E-state index contributed by atoms with van der Waals surface area (Å²) in [5.74, 6) is -1.42.